The van der Waals surface area contributed by atoms with E-state index in [1.807, 2.05) is 42.8 Å². The first kappa shape index (κ1) is 12.8. The van der Waals surface area contributed by atoms with Gasteiger partial charge >= 0.3 is 0 Å². The average molecular weight is 338 g/mol. The lowest BCUT2D eigenvalue weighted by atomic mass is 10.3. The Balaban J connectivity index is 2.32. The van der Waals surface area contributed by atoms with E-state index in [0.29, 0.717) is 18.1 Å². The third-order valence-corrected chi connectivity index (χ3v) is 4.62. The summed E-state index contributed by atoms with van der Waals surface area (Å²) in [5.41, 5.74) is 0. The van der Waals surface area contributed by atoms with E-state index in [1.54, 1.807) is 0 Å². The molecule has 1 rings (SSSR count). The van der Waals surface area contributed by atoms with Gasteiger partial charge in [-0.2, -0.15) is 0 Å². The molecule has 4 heteroatoms. The number of ether oxygens (including phenoxy) is 1. The van der Waals surface area contributed by atoms with E-state index in [1.165, 1.54) is 0 Å². The Morgan fingerprint density at radius 1 is 1.33 bits per heavy atom. The van der Waals surface area contributed by atoms with Crippen LogP contribution in [0.4, 0.5) is 0 Å². The van der Waals surface area contributed by atoms with Gasteiger partial charge in [0.25, 0.3) is 0 Å². The number of rotatable bonds is 4. The van der Waals surface area contributed by atoms with E-state index < -0.39 is 7.20 Å². The maximum absolute atomic E-state index is 11.6. The Labute approximate surface area is 104 Å². The standard InChI is InChI=1S/C11H15IO2S/c1-15(2,12)11(13)8-9-14-10-6-4-3-5-7-10/h3-7H,8-9H2,1-2H3. The number of para-hydroxylation sites is 1. The molecular weight excluding hydrogens is 323 g/mol. The minimum absolute atomic E-state index is 0.305. The lowest BCUT2D eigenvalue weighted by molar-refractivity contribution is -0.111. The van der Waals surface area contributed by atoms with Gasteiger partial charge < -0.3 is 4.74 Å². The van der Waals surface area contributed by atoms with Crippen LogP contribution in [0.1, 0.15) is 6.42 Å². The number of halogens is 1. The molecule has 0 unspecified atom stereocenters. The molecule has 0 bridgehead atoms. The first-order valence-corrected chi connectivity index (χ1v) is 9.63. The zero-order valence-electron chi connectivity index (χ0n) is 8.90. The van der Waals surface area contributed by atoms with Crippen molar-refractivity contribution in [2.24, 2.45) is 0 Å². The van der Waals surface area contributed by atoms with Crippen molar-refractivity contribution in [2.45, 2.75) is 6.42 Å². The average Bonchev–Trinajstić information content (AvgIpc) is 2.18. The van der Waals surface area contributed by atoms with Crippen LogP contribution in [0, 0.1) is 0 Å². The molecular formula is C11H15IO2S. The minimum Gasteiger partial charge on any atom is -0.493 e. The van der Waals surface area contributed by atoms with Gasteiger partial charge in [0.1, 0.15) is 5.75 Å². The van der Waals surface area contributed by atoms with E-state index in [-0.39, 0.29) is 0 Å². The molecule has 0 aliphatic rings. The molecule has 0 saturated heterocycles. The van der Waals surface area contributed by atoms with Gasteiger partial charge in [-0.05, 0) is 45.8 Å². The van der Waals surface area contributed by atoms with Crippen LogP contribution < -0.4 is 4.74 Å². The van der Waals surface area contributed by atoms with Crippen molar-refractivity contribution in [3.05, 3.63) is 30.3 Å². The van der Waals surface area contributed by atoms with E-state index in [2.05, 4.69) is 21.2 Å². The number of hydrogen-bond acceptors (Lipinski definition) is 2. The van der Waals surface area contributed by atoms with Crippen molar-refractivity contribution in [3.8, 4) is 5.75 Å². The SMILES string of the molecule is CS(C)(I)C(=O)CCOc1ccccc1. The van der Waals surface area contributed by atoms with Crippen molar-refractivity contribution >= 4 is 33.5 Å². The van der Waals surface area contributed by atoms with Gasteiger partial charge in [-0.3, -0.25) is 4.79 Å². The Bertz CT molecular complexity index is 319. The summed E-state index contributed by atoms with van der Waals surface area (Å²) in [5.74, 6) is 0.826. The van der Waals surface area contributed by atoms with E-state index >= 15 is 0 Å². The van der Waals surface area contributed by atoms with Crippen LogP contribution in [0.25, 0.3) is 0 Å². The molecule has 0 radical (unpaired) electrons. The van der Waals surface area contributed by atoms with Gasteiger partial charge in [-0.15, -0.1) is 7.20 Å². The molecule has 0 amide bonds. The van der Waals surface area contributed by atoms with Gasteiger partial charge in [-0.25, -0.2) is 0 Å². The summed E-state index contributed by atoms with van der Waals surface area (Å²) in [6.45, 7) is 0.474. The van der Waals surface area contributed by atoms with Crippen LogP contribution in [0.3, 0.4) is 0 Å². The van der Waals surface area contributed by atoms with Crippen molar-refractivity contribution in [1.82, 2.24) is 0 Å². The monoisotopic (exact) mass is 338 g/mol. The van der Waals surface area contributed by atoms with E-state index in [0.717, 1.165) is 5.75 Å². The molecule has 1 aromatic rings. The summed E-state index contributed by atoms with van der Waals surface area (Å²) in [4.78, 5) is 11.6. The number of benzene rings is 1. The molecule has 0 saturated carbocycles. The molecule has 0 N–H and O–H groups in total. The van der Waals surface area contributed by atoms with E-state index in [4.69, 9.17) is 4.74 Å². The highest BCUT2D eigenvalue weighted by Gasteiger charge is 2.17. The summed E-state index contributed by atoms with van der Waals surface area (Å²) in [6, 6.07) is 9.57. The molecule has 0 aliphatic heterocycles. The Morgan fingerprint density at radius 2 is 1.93 bits per heavy atom. The minimum atomic E-state index is -1.11. The summed E-state index contributed by atoms with van der Waals surface area (Å²) in [6.07, 6.45) is 4.50. The molecule has 0 atom stereocenters. The highest BCUT2D eigenvalue weighted by molar-refractivity contribution is 14.2. The predicted octanol–water partition coefficient (Wildman–Crippen LogP) is 3.40. The fourth-order valence-electron chi connectivity index (χ4n) is 1.01. The summed E-state index contributed by atoms with van der Waals surface area (Å²) in [7, 11) is -1.11. The van der Waals surface area contributed by atoms with Gasteiger partial charge in [0, 0.05) is 0 Å². The maximum atomic E-state index is 11.6. The molecule has 0 spiro atoms. The van der Waals surface area contributed by atoms with Crippen LogP contribution in [-0.2, 0) is 4.79 Å². The van der Waals surface area contributed by atoms with Crippen molar-refractivity contribution < 1.29 is 9.53 Å². The van der Waals surface area contributed by atoms with Crippen molar-refractivity contribution in [1.29, 1.82) is 0 Å². The first-order valence-electron chi connectivity index (χ1n) is 4.64. The van der Waals surface area contributed by atoms with Crippen LogP contribution in [0.5, 0.6) is 5.75 Å². The highest BCUT2D eigenvalue weighted by Crippen LogP contribution is 2.50. The lowest BCUT2D eigenvalue weighted by Gasteiger charge is -2.20. The fourth-order valence-corrected chi connectivity index (χ4v) is 2.24. The van der Waals surface area contributed by atoms with Crippen molar-refractivity contribution in [3.63, 3.8) is 0 Å². The second-order valence-electron chi connectivity index (χ2n) is 3.49. The van der Waals surface area contributed by atoms with Gasteiger partial charge in [0.2, 0.25) is 0 Å². The summed E-state index contributed by atoms with van der Waals surface area (Å²) in [5, 5.41) is 0.305. The zero-order chi connectivity index (χ0) is 11.3. The molecule has 0 aromatic heterocycles. The molecule has 1 aromatic carbocycles. The smallest absolute Gasteiger partial charge is 0.183 e. The highest BCUT2D eigenvalue weighted by atomic mass is 127. The van der Waals surface area contributed by atoms with Crippen LogP contribution in [0.15, 0.2) is 30.3 Å². The molecule has 0 fully saturated rings. The van der Waals surface area contributed by atoms with Crippen LogP contribution >= 0.6 is 28.4 Å². The Kier molecular flexibility index (Phi) is 4.92. The molecule has 2 nitrogen and oxygen atoms in total. The molecule has 15 heavy (non-hydrogen) atoms. The third-order valence-electron chi connectivity index (χ3n) is 1.86. The Morgan fingerprint density at radius 3 is 2.47 bits per heavy atom. The molecule has 84 valence electrons. The van der Waals surface area contributed by atoms with Gasteiger partial charge in [-0.1, -0.05) is 18.2 Å². The Hall–Kier alpha value is -0.230. The largest absolute Gasteiger partial charge is 0.493 e. The predicted molar refractivity (Wildman–Crippen MR) is 75.0 cm³/mol. The second-order valence-corrected chi connectivity index (χ2v) is 13.0. The van der Waals surface area contributed by atoms with Gasteiger partial charge in [0.15, 0.2) is 5.12 Å². The second kappa shape index (κ2) is 5.75. The van der Waals surface area contributed by atoms with Crippen LogP contribution in [0.2, 0.25) is 0 Å². The summed E-state index contributed by atoms with van der Waals surface area (Å²) < 4.78 is 5.46. The van der Waals surface area contributed by atoms with Crippen LogP contribution in [-0.4, -0.2) is 24.2 Å². The summed E-state index contributed by atoms with van der Waals surface area (Å²) >= 11 is 2.24. The number of carbonyl (C=O) groups excluding carboxylic acids is 1. The first-order chi connectivity index (χ1) is 7.00. The zero-order valence-corrected chi connectivity index (χ0v) is 11.9. The topological polar surface area (TPSA) is 26.3 Å². The quantitative estimate of drug-likeness (QED) is 0.787. The fraction of sp³-hybridized carbons (Fsp3) is 0.364. The molecule has 0 heterocycles. The maximum Gasteiger partial charge on any atom is 0.183 e. The molecule has 0 aliphatic carbocycles. The van der Waals surface area contributed by atoms with Gasteiger partial charge in [0.05, 0.1) is 13.0 Å². The normalized spacial score (nSPS) is 12.2. The van der Waals surface area contributed by atoms with E-state index in [9.17, 15) is 4.79 Å². The lowest BCUT2D eigenvalue weighted by Crippen LogP contribution is -2.09. The van der Waals surface area contributed by atoms with Crippen molar-refractivity contribution in [2.75, 3.05) is 19.1 Å². The number of carbonyl (C=O) groups is 1. The number of hydrogen-bond donors (Lipinski definition) is 0. The third kappa shape index (κ3) is 4.88.